The Kier molecular flexibility index (Phi) is 5.17. The van der Waals surface area contributed by atoms with E-state index < -0.39 is 0 Å². The highest BCUT2D eigenvalue weighted by atomic mass is 16.5. The van der Waals surface area contributed by atoms with Crippen molar-refractivity contribution in [3.63, 3.8) is 0 Å². The van der Waals surface area contributed by atoms with Crippen LogP contribution in [0.5, 0.6) is 0 Å². The van der Waals surface area contributed by atoms with Crippen molar-refractivity contribution >= 4 is 5.97 Å². The zero-order valence-corrected chi connectivity index (χ0v) is 10.4. The first kappa shape index (κ1) is 13.5. The summed E-state index contributed by atoms with van der Waals surface area (Å²) in [7, 11) is 1.45. The molecule has 84 valence electrons. The summed E-state index contributed by atoms with van der Waals surface area (Å²) in [6.45, 7) is 10.8. The first-order valence-electron chi connectivity index (χ1n) is 5.36. The third kappa shape index (κ3) is 5.25. The number of carbonyl (C=O) groups is 1. The van der Waals surface area contributed by atoms with Crippen LogP contribution in [0.3, 0.4) is 0 Å². The van der Waals surface area contributed by atoms with Crippen molar-refractivity contribution in [2.24, 2.45) is 17.3 Å². The molecule has 0 aromatic heterocycles. The fourth-order valence-electron chi connectivity index (χ4n) is 2.30. The van der Waals surface area contributed by atoms with Crippen molar-refractivity contribution in [1.29, 1.82) is 0 Å². The smallest absolute Gasteiger partial charge is 0.308 e. The molecular formula is C12H24O2. The third-order valence-electron chi connectivity index (χ3n) is 2.42. The number of esters is 1. The van der Waals surface area contributed by atoms with Gasteiger partial charge in [0.15, 0.2) is 0 Å². The van der Waals surface area contributed by atoms with Crippen molar-refractivity contribution in [3.05, 3.63) is 0 Å². The number of rotatable bonds is 5. The van der Waals surface area contributed by atoms with E-state index in [9.17, 15) is 4.79 Å². The molecule has 0 spiro atoms. The summed E-state index contributed by atoms with van der Waals surface area (Å²) in [5.74, 6) is 0.588. The Morgan fingerprint density at radius 2 is 1.71 bits per heavy atom. The molecule has 1 atom stereocenters. The molecular weight excluding hydrogens is 176 g/mol. The number of methoxy groups -OCH3 is 1. The zero-order valence-electron chi connectivity index (χ0n) is 10.4. The Morgan fingerprint density at radius 1 is 1.21 bits per heavy atom. The van der Waals surface area contributed by atoms with Crippen molar-refractivity contribution < 1.29 is 9.53 Å². The molecule has 14 heavy (non-hydrogen) atoms. The van der Waals surface area contributed by atoms with E-state index in [1.54, 1.807) is 0 Å². The molecule has 0 aliphatic carbocycles. The Balaban J connectivity index is 4.14. The molecule has 0 saturated carbocycles. The largest absolute Gasteiger partial charge is 0.469 e. The molecule has 0 N–H and O–H groups in total. The number of carbonyl (C=O) groups excluding carboxylic acids is 1. The number of hydrogen-bond donors (Lipinski definition) is 0. The third-order valence-corrected chi connectivity index (χ3v) is 2.42. The van der Waals surface area contributed by atoms with Crippen LogP contribution in [-0.2, 0) is 9.53 Å². The molecule has 0 bridgehead atoms. The maximum Gasteiger partial charge on any atom is 0.308 e. The summed E-state index contributed by atoms with van der Waals surface area (Å²) in [6.07, 6.45) is 2.05. The average Bonchev–Trinajstić information content (AvgIpc) is 1.99. The van der Waals surface area contributed by atoms with E-state index in [4.69, 9.17) is 4.74 Å². The van der Waals surface area contributed by atoms with Crippen LogP contribution < -0.4 is 0 Å². The molecule has 0 rings (SSSR count). The SMILES string of the molecule is COC(=O)[C@H](C)CC(C)(C)CC(C)C. The zero-order chi connectivity index (χ0) is 11.4. The van der Waals surface area contributed by atoms with E-state index in [1.807, 2.05) is 6.92 Å². The fourth-order valence-corrected chi connectivity index (χ4v) is 2.30. The normalized spacial score (nSPS) is 14.2. The van der Waals surface area contributed by atoms with Crippen LogP contribution in [0.15, 0.2) is 0 Å². The lowest BCUT2D eigenvalue weighted by Crippen LogP contribution is -2.23. The van der Waals surface area contributed by atoms with E-state index >= 15 is 0 Å². The molecule has 0 saturated heterocycles. The predicted molar refractivity (Wildman–Crippen MR) is 59.0 cm³/mol. The van der Waals surface area contributed by atoms with E-state index in [0.717, 1.165) is 12.8 Å². The van der Waals surface area contributed by atoms with E-state index in [1.165, 1.54) is 7.11 Å². The molecule has 0 aromatic rings. The lowest BCUT2D eigenvalue weighted by Gasteiger charge is -2.28. The Hall–Kier alpha value is -0.530. The Morgan fingerprint density at radius 3 is 2.07 bits per heavy atom. The van der Waals surface area contributed by atoms with Gasteiger partial charge in [-0.25, -0.2) is 0 Å². The topological polar surface area (TPSA) is 26.3 Å². The first-order chi connectivity index (χ1) is 6.28. The minimum Gasteiger partial charge on any atom is -0.469 e. The second-order valence-corrected chi connectivity index (χ2v) is 5.39. The average molecular weight is 200 g/mol. The van der Waals surface area contributed by atoms with Gasteiger partial charge in [0.25, 0.3) is 0 Å². The molecule has 0 radical (unpaired) electrons. The highest BCUT2D eigenvalue weighted by molar-refractivity contribution is 5.71. The van der Waals surface area contributed by atoms with Gasteiger partial charge < -0.3 is 4.74 Å². The quantitative estimate of drug-likeness (QED) is 0.637. The van der Waals surface area contributed by atoms with Gasteiger partial charge in [-0.1, -0.05) is 34.6 Å². The van der Waals surface area contributed by atoms with Gasteiger partial charge in [-0.3, -0.25) is 4.79 Å². The van der Waals surface area contributed by atoms with Crippen LogP contribution in [0.25, 0.3) is 0 Å². The van der Waals surface area contributed by atoms with Crippen molar-refractivity contribution in [1.82, 2.24) is 0 Å². The van der Waals surface area contributed by atoms with Gasteiger partial charge in [-0.2, -0.15) is 0 Å². The second-order valence-electron chi connectivity index (χ2n) is 5.39. The van der Waals surface area contributed by atoms with Crippen molar-refractivity contribution in [3.8, 4) is 0 Å². The second kappa shape index (κ2) is 5.38. The molecule has 0 amide bonds. The van der Waals surface area contributed by atoms with Gasteiger partial charge in [0.1, 0.15) is 0 Å². The molecule has 2 heteroatoms. The maximum absolute atomic E-state index is 11.3. The summed E-state index contributed by atoms with van der Waals surface area (Å²) in [4.78, 5) is 11.3. The molecule has 0 aromatic carbocycles. The van der Waals surface area contributed by atoms with Crippen molar-refractivity contribution in [2.75, 3.05) is 7.11 Å². The lowest BCUT2D eigenvalue weighted by molar-refractivity contribution is -0.146. The summed E-state index contributed by atoms with van der Waals surface area (Å²) in [6, 6.07) is 0. The number of ether oxygens (including phenoxy) is 1. The fraction of sp³-hybridized carbons (Fsp3) is 0.917. The Labute approximate surface area is 88.0 Å². The van der Waals surface area contributed by atoms with E-state index in [-0.39, 0.29) is 17.3 Å². The minimum atomic E-state index is -0.0955. The minimum absolute atomic E-state index is 0.00810. The van der Waals surface area contributed by atoms with E-state index in [0.29, 0.717) is 5.92 Å². The number of hydrogen-bond acceptors (Lipinski definition) is 2. The van der Waals surface area contributed by atoms with Gasteiger partial charge >= 0.3 is 5.97 Å². The highest BCUT2D eigenvalue weighted by Gasteiger charge is 2.26. The monoisotopic (exact) mass is 200 g/mol. The van der Waals surface area contributed by atoms with Crippen LogP contribution in [0.4, 0.5) is 0 Å². The van der Waals surface area contributed by atoms with Crippen LogP contribution >= 0.6 is 0 Å². The van der Waals surface area contributed by atoms with Crippen LogP contribution in [0, 0.1) is 17.3 Å². The molecule has 2 nitrogen and oxygen atoms in total. The molecule has 0 fully saturated rings. The molecule has 0 aliphatic heterocycles. The summed E-state index contributed by atoms with van der Waals surface area (Å²) in [5.41, 5.74) is 0.224. The molecule has 0 unspecified atom stereocenters. The van der Waals surface area contributed by atoms with Gasteiger partial charge in [0.2, 0.25) is 0 Å². The summed E-state index contributed by atoms with van der Waals surface area (Å²) >= 11 is 0. The molecule has 0 aliphatic rings. The Bertz CT molecular complexity index is 183. The van der Waals surface area contributed by atoms with Gasteiger partial charge in [0, 0.05) is 0 Å². The van der Waals surface area contributed by atoms with Crippen molar-refractivity contribution in [2.45, 2.75) is 47.5 Å². The predicted octanol–water partition coefficient (Wildman–Crippen LogP) is 3.26. The summed E-state index contributed by atoms with van der Waals surface area (Å²) in [5, 5.41) is 0. The first-order valence-corrected chi connectivity index (χ1v) is 5.36. The lowest BCUT2D eigenvalue weighted by atomic mass is 9.77. The van der Waals surface area contributed by atoms with Crippen LogP contribution in [0.1, 0.15) is 47.5 Å². The maximum atomic E-state index is 11.3. The van der Waals surface area contributed by atoms with Gasteiger partial charge in [0.05, 0.1) is 13.0 Å². The van der Waals surface area contributed by atoms with Crippen LogP contribution in [0.2, 0.25) is 0 Å². The van der Waals surface area contributed by atoms with Gasteiger partial charge in [-0.15, -0.1) is 0 Å². The molecule has 0 heterocycles. The van der Waals surface area contributed by atoms with Gasteiger partial charge in [-0.05, 0) is 24.2 Å². The standard InChI is InChI=1S/C12H24O2/c1-9(2)7-12(4,5)8-10(3)11(13)14-6/h9-10H,7-8H2,1-6H3/t10-/m1/s1. The summed E-state index contributed by atoms with van der Waals surface area (Å²) < 4.78 is 4.72. The highest BCUT2D eigenvalue weighted by Crippen LogP contribution is 2.32. The van der Waals surface area contributed by atoms with Crippen LogP contribution in [-0.4, -0.2) is 13.1 Å². The van der Waals surface area contributed by atoms with E-state index in [2.05, 4.69) is 27.7 Å².